The molecule has 0 bridgehead atoms. The Bertz CT molecular complexity index is 820. The molecule has 0 saturated heterocycles. The average Bonchev–Trinajstić information content (AvgIpc) is 2.81. The molecule has 86 valence electrons. The number of para-hydroxylation sites is 1. The van der Waals surface area contributed by atoms with Gasteiger partial charge in [-0.25, -0.2) is 4.98 Å². The minimum Gasteiger partial charge on any atom is -0.298 e. The summed E-state index contributed by atoms with van der Waals surface area (Å²) in [6, 6.07) is 16.8. The number of imidazole rings is 1. The van der Waals surface area contributed by atoms with Gasteiger partial charge in [0.15, 0.2) is 0 Å². The average molecular weight is 297 g/mol. The van der Waals surface area contributed by atoms with Crippen LogP contribution in [0.3, 0.4) is 0 Å². The zero-order valence-corrected chi connectivity index (χ0v) is 11.1. The van der Waals surface area contributed by atoms with E-state index in [1.807, 2.05) is 6.20 Å². The third kappa shape index (κ3) is 1.25. The molecule has 0 N–H and O–H groups in total. The summed E-state index contributed by atoms with van der Waals surface area (Å²) < 4.78 is 3.01. The molecule has 0 unspecified atom stereocenters. The monoisotopic (exact) mass is 296 g/mol. The van der Waals surface area contributed by atoms with Gasteiger partial charge in [0.05, 0.1) is 5.52 Å². The second-order valence-electron chi connectivity index (χ2n) is 4.32. The molecular weight excluding hydrogens is 288 g/mol. The van der Waals surface area contributed by atoms with Crippen molar-refractivity contribution in [2.75, 3.05) is 0 Å². The fraction of sp³-hybridized carbons (Fsp3) is 0. The molecule has 0 amide bonds. The van der Waals surface area contributed by atoms with Crippen LogP contribution in [0, 0.1) is 0 Å². The quantitative estimate of drug-likeness (QED) is 0.440. The molecule has 0 atom stereocenters. The number of aromatic nitrogens is 2. The van der Waals surface area contributed by atoms with Crippen LogP contribution in [0.5, 0.6) is 0 Å². The van der Waals surface area contributed by atoms with Gasteiger partial charge in [0.25, 0.3) is 0 Å². The first kappa shape index (κ1) is 10.1. The van der Waals surface area contributed by atoms with Crippen molar-refractivity contribution in [2.24, 2.45) is 0 Å². The van der Waals surface area contributed by atoms with E-state index in [4.69, 9.17) is 0 Å². The first-order valence-corrected chi connectivity index (χ1v) is 6.58. The number of rotatable bonds is 0. The Morgan fingerprint density at radius 1 is 0.833 bits per heavy atom. The van der Waals surface area contributed by atoms with E-state index in [0.29, 0.717) is 0 Å². The third-order valence-corrected chi connectivity index (χ3v) is 3.68. The molecule has 0 saturated carbocycles. The molecule has 3 heteroatoms. The van der Waals surface area contributed by atoms with E-state index < -0.39 is 0 Å². The van der Waals surface area contributed by atoms with E-state index in [-0.39, 0.29) is 0 Å². The summed E-state index contributed by atoms with van der Waals surface area (Å²) in [5.41, 5.74) is 2.18. The predicted molar refractivity (Wildman–Crippen MR) is 77.9 cm³/mol. The van der Waals surface area contributed by atoms with Crippen LogP contribution in [0.15, 0.2) is 59.3 Å². The van der Waals surface area contributed by atoms with Crippen LogP contribution in [0.1, 0.15) is 0 Å². The minimum absolute atomic E-state index is 0.865. The number of halogens is 1. The highest BCUT2D eigenvalue weighted by molar-refractivity contribution is 9.10. The maximum Gasteiger partial charge on any atom is 0.146 e. The van der Waals surface area contributed by atoms with Crippen LogP contribution < -0.4 is 0 Å². The lowest BCUT2D eigenvalue weighted by molar-refractivity contribution is 1.27. The van der Waals surface area contributed by atoms with Gasteiger partial charge in [0.1, 0.15) is 10.3 Å². The van der Waals surface area contributed by atoms with Crippen LogP contribution in [0.2, 0.25) is 0 Å². The fourth-order valence-corrected chi connectivity index (χ4v) is 2.92. The molecule has 0 fully saturated rings. The summed E-state index contributed by atoms with van der Waals surface area (Å²) in [7, 11) is 0. The number of fused-ring (bicyclic) bond motifs is 6. The molecule has 4 rings (SSSR count). The van der Waals surface area contributed by atoms with Crippen molar-refractivity contribution in [3.05, 3.63) is 59.3 Å². The Hall–Kier alpha value is -1.87. The third-order valence-electron chi connectivity index (χ3n) is 3.30. The topological polar surface area (TPSA) is 17.3 Å². The summed E-state index contributed by atoms with van der Waals surface area (Å²) in [4.78, 5) is 4.57. The number of pyridine rings is 1. The molecule has 4 aromatic rings. The SMILES string of the molecule is Brc1cn2c3ccccc3c3ccccc3c2n1. The zero-order chi connectivity index (χ0) is 12.1. The number of nitrogens with zero attached hydrogens (tertiary/aromatic N) is 2. The van der Waals surface area contributed by atoms with Crippen LogP contribution in [0.4, 0.5) is 0 Å². The molecule has 18 heavy (non-hydrogen) atoms. The van der Waals surface area contributed by atoms with Crippen molar-refractivity contribution in [3.63, 3.8) is 0 Å². The lowest BCUT2D eigenvalue weighted by Gasteiger charge is -2.07. The predicted octanol–water partition coefficient (Wildman–Crippen LogP) is 4.40. The van der Waals surface area contributed by atoms with Crippen LogP contribution in [-0.2, 0) is 0 Å². The molecule has 2 heterocycles. The van der Waals surface area contributed by atoms with E-state index >= 15 is 0 Å². The van der Waals surface area contributed by atoms with Crippen molar-refractivity contribution in [3.8, 4) is 0 Å². The molecule has 2 aromatic heterocycles. The Morgan fingerprint density at radius 3 is 2.33 bits per heavy atom. The smallest absolute Gasteiger partial charge is 0.146 e. The van der Waals surface area contributed by atoms with Gasteiger partial charge in [0.2, 0.25) is 0 Å². The summed E-state index contributed by atoms with van der Waals surface area (Å²) >= 11 is 3.46. The highest BCUT2D eigenvalue weighted by atomic mass is 79.9. The second-order valence-corrected chi connectivity index (χ2v) is 5.13. The van der Waals surface area contributed by atoms with E-state index in [2.05, 4.69) is 73.8 Å². The Balaban J connectivity index is 2.45. The zero-order valence-electron chi connectivity index (χ0n) is 9.47. The highest BCUT2D eigenvalue weighted by Crippen LogP contribution is 2.29. The lowest BCUT2D eigenvalue weighted by atomic mass is 10.1. The van der Waals surface area contributed by atoms with Gasteiger partial charge in [-0.05, 0) is 27.4 Å². The van der Waals surface area contributed by atoms with Crippen LogP contribution >= 0.6 is 15.9 Å². The Morgan fingerprint density at radius 2 is 1.50 bits per heavy atom. The van der Waals surface area contributed by atoms with Crippen molar-refractivity contribution >= 4 is 43.3 Å². The van der Waals surface area contributed by atoms with Gasteiger partial charge in [-0.3, -0.25) is 4.40 Å². The summed E-state index contributed by atoms with van der Waals surface area (Å²) in [5.74, 6) is 0. The second kappa shape index (κ2) is 3.56. The number of benzene rings is 2. The summed E-state index contributed by atoms with van der Waals surface area (Å²) in [5, 5.41) is 3.69. The molecule has 2 nitrogen and oxygen atoms in total. The van der Waals surface area contributed by atoms with Crippen LogP contribution in [-0.4, -0.2) is 9.38 Å². The first-order chi connectivity index (χ1) is 8.84. The molecule has 0 spiro atoms. The molecule has 0 aliphatic carbocycles. The molecule has 0 aliphatic rings. The normalized spacial score (nSPS) is 11.6. The van der Waals surface area contributed by atoms with E-state index in [0.717, 1.165) is 10.3 Å². The highest BCUT2D eigenvalue weighted by Gasteiger charge is 2.09. The molecule has 0 aliphatic heterocycles. The first-order valence-electron chi connectivity index (χ1n) is 5.78. The van der Waals surface area contributed by atoms with Crippen LogP contribution in [0.25, 0.3) is 27.3 Å². The minimum atomic E-state index is 0.865. The summed E-state index contributed by atoms with van der Waals surface area (Å²) in [6.45, 7) is 0. The lowest BCUT2D eigenvalue weighted by Crippen LogP contribution is -1.89. The Kier molecular flexibility index (Phi) is 2.00. The standard InChI is InChI=1S/C15H9BrN2/c16-14-9-18-13-8-4-3-6-11(13)10-5-1-2-7-12(10)15(18)17-14/h1-9H. The van der Waals surface area contributed by atoms with Crippen molar-refractivity contribution in [1.82, 2.24) is 9.38 Å². The van der Waals surface area contributed by atoms with Gasteiger partial charge in [-0.1, -0.05) is 42.5 Å². The fourth-order valence-electron chi connectivity index (χ4n) is 2.55. The van der Waals surface area contributed by atoms with Gasteiger partial charge < -0.3 is 0 Å². The summed E-state index contributed by atoms with van der Waals surface area (Å²) in [6.07, 6.45) is 2.02. The van der Waals surface area contributed by atoms with Gasteiger partial charge in [0, 0.05) is 17.0 Å². The maximum absolute atomic E-state index is 4.57. The van der Waals surface area contributed by atoms with E-state index in [1.54, 1.807) is 0 Å². The molecular formula is C15H9BrN2. The maximum atomic E-state index is 4.57. The molecule has 2 aromatic carbocycles. The van der Waals surface area contributed by atoms with Crippen molar-refractivity contribution in [2.45, 2.75) is 0 Å². The van der Waals surface area contributed by atoms with E-state index in [9.17, 15) is 0 Å². The largest absolute Gasteiger partial charge is 0.298 e. The van der Waals surface area contributed by atoms with Gasteiger partial charge in [-0.2, -0.15) is 0 Å². The van der Waals surface area contributed by atoms with Gasteiger partial charge >= 0.3 is 0 Å². The van der Waals surface area contributed by atoms with Crippen molar-refractivity contribution < 1.29 is 0 Å². The van der Waals surface area contributed by atoms with Crippen molar-refractivity contribution in [1.29, 1.82) is 0 Å². The van der Waals surface area contributed by atoms with Gasteiger partial charge in [-0.15, -0.1) is 0 Å². The number of hydrogen-bond acceptors (Lipinski definition) is 1. The van der Waals surface area contributed by atoms with E-state index in [1.165, 1.54) is 21.7 Å². The Labute approximate surface area is 112 Å². The molecule has 0 radical (unpaired) electrons. The number of hydrogen-bond donors (Lipinski definition) is 0.